The maximum Gasteiger partial charge on any atom is 0.241 e. The molecule has 0 atom stereocenters. The minimum absolute atomic E-state index is 0.369. The van der Waals surface area contributed by atoms with Gasteiger partial charge in [0.25, 0.3) is 0 Å². The summed E-state index contributed by atoms with van der Waals surface area (Å²) in [6, 6.07) is 19.1. The number of benzene rings is 2. The number of carbonyl (C=O) groups is 1. The highest BCUT2D eigenvalue weighted by Gasteiger charge is 1.97. The second-order valence-electron chi connectivity index (χ2n) is 5.11. The number of rotatable bonds is 7. The summed E-state index contributed by atoms with van der Waals surface area (Å²) in [6.45, 7) is 0. The molecular formula is C19H21NO. The van der Waals surface area contributed by atoms with E-state index >= 15 is 0 Å². The Kier molecular flexibility index (Phi) is 5.77. The van der Waals surface area contributed by atoms with Crippen LogP contribution >= 0.6 is 0 Å². The number of nitrogens with two attached hydrogens (primary N) is 1. The van der Waals surface area contributed by atoms with E-state index in [4.69, 9.17) is 5.73 Å². The molecule has 2 nitrogen and oxygen atoms in total. The fourth-order valence-corrected chi connectivity index (χ4v) is 2.29. The van der Waals surface area contributed by atoms with Crippen molar-refractivity contribution < 1.29 is 4.79 Å². The van der Waals surface area contributed by atoms with Crippen LogP contribution in [0.15, 0.2) is 66.7 Å². The molecule has 0 aliphatic carbocycles. The smallest absolute Gasteiger partial charge is 0.241 e. The van der Waals surface area contributed by atoms with Gasteiger partial charge in [0.2, 0.25) is 5.91 Å². The minimum Gasteiger partial charge on any atom is -0.366 e. The van der Waals surface area contributed by atoms with Gasteiger partial charge in [-0.25, -0.2) is 0 Å². The first-order valence-electron chi connectivity index (χ1n) is 7.36. The predicted molar refractivity (Wildman–Crippen MR) is 87.8 cm³/mol. The van der Waals surface area contributed by atoms with Crippen molar-refractivity contribution in [1.29, 1.82) is 0 Å². The third kappa shape index (κ3) is 5.27. The Labute approximate surface area is 126 Å². The molecule has 2 N–H and O–H groups in total. The average Bonchev–Trinajstić information content (AvgIpc) is 2.52. The Morgan fingerprint density at radius 1 is 0.905 bits per heavy atom. The van der Waals surface area contributed by atoms with Gasteiger partial charge in [-0.3, -0.25) is 4.79 Å². The van der Waals surface area contributed by atoms with Crippen LogP contribution in [0.2, 0.25) is 0 Å². The molecule has 0 unspecified atom stereocenters. The molecule has 0 spiro atoms. The van der Waals surface area contributed by atoms with Crippen LogP contribution in [0.3, 0.4) is 0 Å². The van der Waals surface area contributed by atoms with Gasteiger partial charge in [0.05, 0.1) is 0 Å². The fourth-order valence-electron chi connectivity index (χ4n) is 2.29. The Hall–Kier alpha value is -2.35. The summed E-state index contributed by atoms with van der Waals surface area (Å²) in [6.07, 6.45) is 7.46. The summed E-state index contributed by atoms with van der Waals surface area (Å²) in [5, 5.41) is 0. The maximum atomic E-state index is 10.5. The van der Waals surface area contributed by atoms with Crippen LogP contribution < -0.4 is 5.73 Å². The Morgan fingerprint density at radius 2 is 1.57 bits per heavy atom. The summed E-state index contributed by atoms with van der Waals surface area (Å²) in [7, 11) is 0. The van der Waals surface area contributed by atoms with Gasteiger partial charge in [-0.05, 0) is 48.4 Å². The molecular weight excluding hydrogens is 258 g/mol. The van der Waals surface area contributed by atoms with E-state index in [0.717, 1.165) is 25.7 Å². The number of unbranched alkanes of at least 4 members (excludes halogenated alkanes) is 2. The van der Waals surface area contributed by atoms with Crippen molar-refractivity contribution in [3.63, 3.8) is 0 Å². The fraction of sp³-hybridized carbons (Fsp3) is 0.211. The molecule has 0 saturated heterocycles. The van der Waals surface area contributed by atoms with E-state index < -0.39 is 0 Å². The molecule has 0 radical (unpaired) electrons. The van der Waals surface area contributed by atoms with E-state index in [0.29, 0.717) is 0 Å². The number of primary amides is 1. The lowest BCUT2D eigenvalue weighted by Gasteiger charge is -2.04. The zero-order chi connectivity index (χ0) is 14.9. The van der Waals surface area contributed by atoms with E-state index in [1.807, 2.05) is 12.1 Å². The Bertz CT molecular complexity index is 585. The lowest BCUT2D eigenvalue weighted by Crippen LogP contribution is -2.05. The molecule has 21 heavy (non-hydrogen) atoms. The molecule has 2 heteroatoms. The van der Waals surface area contributed by atoms with Gasteiger partial charge in [-0.2, -0.15) is 0 Å². The van der Waals surface area contributed by atoms with Gasteiger partial charge < -0.3 is 5.73 Å². The van der Waals surface area contributed by atoms with Crippen molar-refractivity contribution >= 4 is 5.91 Å². The minimum atomic E-state index is -0.369. The largest absolute Gasteiger partial charge is 0.366 e. The number of allylic oxidation sites excluding steroid dienone is 1. The van der Waals surface area contributed by atoms with Crippen LogP contribution in [0.25, 0.3) is 11.1 Å². The molecule has 2 aromatic carbocycles. The number of carbonyl (C=O) groups excluding carboxylic acids is 1. The van der Waals surface area contributed by atoms with Crippen LogP contribution in [0.1, 0.15) is 24.8 Å². The van der Waals surface area contributed by atoms with Gasteiger partial charge >= 0.3 is 0 Å². The number of aryl methyl sites for hydroxylation is 1. The summed E-state index contributed by atoms with van der Waals surface area (Å²) in [5.74, 6) is -0.369. The van der Waals surface area contributed by atoms with Gasteiger partial charge in [0.15, 0.2) is 0 Å². The van der Waals surface area contributed by atoms with Crippen LogP contribution in [0, 0.1) is 0 Å². The third-order valence-corrected chi connectivity index (χ3v) is 3.43. The van der Waals surface area contributed by atoms with E-state index in [2.05, 4.69) is 48.5 Å². The summed E-state index contributed by atoms with van der Waals surface area (Å²) in [5.41, 5.74) is 8.89. The molecule has 0 fully saturated rings. The second kappa shape index (κ2) is 8.05. The molecule has 0 aliphatic heterocycles. The molecule has 0 saturated carbocycles. The van der Waals surface area contributed by atoms with Gasteiger partial charge in [0, 0.05) is 0 Å². The molecule has 0 bridgehead atoms. The van der Waals surface area contributed by atoms with Crippen molar-refractivity contribution in [3.8, 4) is 11.1 Å². The van der Waals surface area contributed by atoms with E-state index in [1.54, 1.807) is 0 Å². The van der Waals surface area contributed by atoms with Gasteiger partial charge in [-0.1, -0.05) is 60.7 Å². The first-order valence-corrected chi connectivity index (χ1v) is 7.36. The molecule has 1 amide bonds. The molecule has 0 heterocycles. The van der Waals surface area contributed by atoms with Crippen molar-refractivity contribution in [2.45, 2.75) is 25.7 Å². The van der Waals surface area contributed by atoms with E-state index in [1.165, 1.54) is 22.8 Å². The number of hydrogen-bond donors (Lipinski definition) is 1. The molecule has 0 aromatic heterocycles. The lowest BCUT2D eigenvalue weighted by molar-refractivity contribution is -0.113. The standard InChI is InChI=1S/C19H21NO/c20-19(21)11-7-2-1-4-8-16-12-14-18(15-13-16)17-9-5-3-6-10-17/h3,5-7,9-15H,1-2,4,8H2,(H2,20,21)/b11-7+. The topological polar surface area (TPSA) is 43.1 Å². The van der Waals surface area contributed by atoms with E-state index in [9.17, 15) is 4.79 Å². The molecule has 0 aliphatic rings. The summed E-state index contributed by atoms with van der Waals surface area (Å²) in [4.78, 5) is 10.5. The van der Waals surface area contributed by atoms with Crippen molar-refractivity contribution in [2.75, 3.05) is 0 Å². The highest BCUT2D eigenvalue weighted by molar-refractivity contribution is 5.85. The van der Waals surface area contributed by atoms with Crippen LogP contribution in [-0.4, -0.2) is 5.91 Å². The first-order chi connectivity index (χ1) is 10.3. The second-order valence-corrected chi connectivity index (χ2v) is 5.11. The van der Waals surface area contributed by atoms with Crippen molar-refractivity contribution in [2.24, 2.45) is 5.73 Å². The monoisotopic (exact) mass is 279 g/mol. The van der Waals surface area contributed by atoms with Crippen molar-refractivity contribution in [1.82, 2.24) is 0 Å². The number of amides is 1. The van der Waals surface area contributed by atoms with Crippen LogP contribution in [0.5, 0.6) is 0 Å². The highest BCUT2D eigenvalue weighted by atomic mass is 16.1. The highest BCUT2D eigenvalue weighted by Crippen LogP contribution is 2.19. The zero-order valence-corrected chi connectivity index (χ0v) is 12.2. The molecule has 2 rings (SSSR count). The molecule has 108 valence electrons. The van der Waals surface area contributed by atoms with Crippen LogP contribution in [0.4, 0.5) is 0 Å². The van der Waals surface area contributed by atoms with Gasteiger partial charge in [-0.15, -0.1) is 0 Å². The number of hydrogen-bond acceptors (Lipinski definition) is 1. The lowest BCUT2D eigenvalue weighted by atomic mass is 10.0. The Morgan fingerprint density at radius 3 is 2.24 bits per heavy atom. The average molecular weight is 279 g/mol. The Balaban J connectivity index is 1.79. The normalized spacial score (nSPS) is 10.9. The summed E-state index contributed by atoms with van der Waals surface area (Å²) < 4.78 is 0. The van der Waals surface area contributed by atoms with Crippen LogP contribution in [-0.2, 0) is 11.2 Å². The third-order valence-electron chi connectivity index (χ3n) is 3.43. The zero-order valence-electron chi connectivity index (χ0n) is 12.2. The van der Waals surface area contributed by atoms with Gasteiger partial charge in [0.1, 0.15) is 0 Å². The first kappa shape index (κ1) is 15.0. The van der Waals surface area contributed by atoms with Crippen molar-refractivity contribution in [3.05, 3.63) is 72.3 Å². The SMILES string of the molecule is NC(=O)/C=C/CCCCc1ccc(-c2ccccc2)cc1. The quantitative estimate of drug-likeness (QED) is 0.601. The van der Waals surface area contributed by atoms with E-state index in [-0.39, 0.29) is 5.91 Å². The predicted octanol–water partition coefficient (Wildman–Crippen LogP) is 4.11. The maximum absolute atomic E-state index is 10.5. The summed E-state index contributed by atoms with van der Waals surface area (Å²) >= 11 is 0. The molecule has 2 aromatic rings.